The van der Waals surface area contributed by atoms with E-state index in [1.807, 2.05) is 24.3 Å². The summed E-state index contributed by atoms with van der Waals surface area (Å²) in [6, 6.07) is 13.3. The van der Waals surface area contributed by atoms with Gasteiger partial charge >= 0.3 is 12.1 Å². The predicted molar refractivity (Wildman–Crippen MR) is 141 cm³/mol. The lowest BCUT2D eigenvalue weighted by molar-refractivity contribution is 0.0342. The second kappa shape index (κ2) is 11.4. The molecule has 0 spiro atoms. The normalized spacial score (nSPS) is 17.6. The fourth-order valence-corrected chi connectivity index (χ4v) is 4.66. The van der Waals surface area contributed by atoms with Crippen LogP contribution in [0.4, 0.5) is 9.59 Å². The fraction of sp³-hybridized carbons (Fsp3) is 0.286. The van der Waals surface area contributed by atoms with Crippen molar-refractivity contribution in [1.29, 1.82) is 0 Å². The summed E-state index contributed by atoms with van der Waals surface area (Å²) in [5.74, 6) is 5.74. The van der Waals surface area contributed by atoms with E-state index in [1.165, 1.54) is 10.5 Å². The first kappa shape index (κ1) is 26.0. The number of carbonyl (C=O) groups excluding carboxylic acids is 2. The van der Waals surface area contributed by atoms with Crippen LogP contribution in [0.2, 0.25) is 0 Å². The third-order valence-electron chi connectivity index (χ3n) is 6.77. The molecule has 4 amide bonds. The number of nitrogens with one attached hydrogen (secondary N) is 1. The average molecular weight is 529 g/mol. The van der Waals surface area contributed by atoms with Crippen molar-refractivity contribution in [2.45, 2.75) is 19.1 Å². The third kappa shape index (κ3) is 5.93. The van der Waals surface area contributed by atoms with Gasteiger partial charge in [-0.15, -0.1) is 0 Å². The number of primary amides is 1. The molecule has 1 unspecified atom stereocenters. The van der Waals surface area contributed by atoms with Gasteiger partial charge in [-0.1, -0.05) is 36.1 Å². The summed E-state index contributed by atoms with van der Waals surface area (Å²) in [5, 5.41) is 9.98. The number of benzene rings is 2. The molecule has 11 nitrogen and oxygen atoms in total. The Morgan fingerprint density at radius 3 is 2.31 bits per heavy atom. The first-order valence-corrected chi connectivity index (χ1v) is 12.5. The van der Waals surface area contributed by atoms with Crippen molar-refractivity contribution in [1.82, 2.24) is 24.7 Å². The quantitative estimate of drug-likeness (QED) is 0.428. The number of hydrogen-bond acceptors (Lipinski definition) is 7. The summed E-state index contributed by atoms with van der Waals surface area (Å²) in [6.07, 6.45) is 1.14. The maximum absolute atomic E-state index is 12.9. The molecule has 39 heavy (non-hydrogen) atoms. The van der Waals surface area contributed by atoms with E-state index < -0.39 is 29.4 Å². The molecule has 2 aromatic carbocycles. The van der Waals surface area contributed by atoms with Gasteiger partial charge in [0.05, 0.1) is 32.1 Å². The van der Waals surface area contributed by atoms with Gasteiger partial charge in [-0.2, -0.15) is 0 Å². The van der Waals surface area contributed by atoms with Crippen molar-refractivity contribution in [3.05, 3.63) is 93.2 Å². The molecule has 200 valence electrons. The highest BCUT2D eigenvalue weighted by molar-refractivity contribution is 5.95. The summed E-state index contributed by atoms with van der Waals surface area (Å²) in [5.41, 5.74) is 8.44. The lowest BCUT2D eigenvalue weighted by atomic mass is 10.0. The summed E-state index contributed by atoms with van der Waals surface area (Å²) in [7, 11) is 0. The first-order chi connectivity index (χ1) is 18.9. The highest BCUT2D eigenvalue weighted by atomic mass is 16.5. The summed E-state index contributed by atoms with van der Waals surface area (Å²) in [6.45, 7) is 4.30. The van der Waals surface area contributed by atoms with Crippen LogP contribution in [0.3, 0.4) is 0 Å². The number of aromatic nitrogens is 2. The zero-order valence-corrected chi connectivity index (χ0v) is 21.2. The molecule has 2 aliphatic heterocycles. The van der Waals surface area contributed by atoms with Gasteiger partial charge in [0, 0.05) is 37.3 Å². The van der Waals surface area contributed by atoms with Crippen molar-refractivity contribution in [2.75, 3.05) is 32.8 Å². The van der Waals surface area contributed by atoms with E-state index in [-0.39, 0.29) is 18.8 Å². The largest absolute Gasteiger partial charge is 0.502 e. The van der Waals surface area contributed by atoms with E-state index >= 15 is 0 Å². The molecular formula is C28H28N6O5. The maximum atomic E-state index is 12.9. The van der Waals surface area contributed by atoms with E-state index in [1.54, 1.807) is 12.1 Å². The zero-order valence-electron chi connectivity index (χ0n) is 21.2. The van der Waals surface area contributed by atoms with E-state index in [9.17, 15) is 19.5 Å². The molecule has 0 bridgehead atoms. The molecule has 4 N–H and O–H groups in total. The van der Waals surface area contributed by atoms with Crippen molar-refractivity contribution < 1.29 is 19.4 Å². The Bertz CT molecular complexity index is 1470. The first-order valence-electron chi connectivity index (χ1n) is 12.5. The number of H-pyrrole nitrogens is 1. The number of ether oxygens (including phenoxy) is 1. The molecule has 2 saturated heterocycles. The number of imide groups is 1. The van der Waals surface area contributed by atoms with Crippen molar-refractivity contribution in [3.63, 3.8) is 0 Å². The molecule has 2 aliphatic rings. The molecule has 1 aromatic heterocycles. The number of nitrogens with zero attached hydrogens (tertiary/aromatic N) is 4. The van der Waals surface area contributed by atoms with Crippen LogP contribution in [-0.2, 0) is 17.8 Å². The second-order valence-corrected chi connectivity index (χ2v) is 9.37. The van der Waals surface area contributed by atoms with E-state index in [0.29, 0.717) is 5.56 Å². The zero-order chi connectivity index (χ0) is 27.4. The number of urea groups is 2. The molecule has 1 atom stereocenters. The molecule has 2 fully saturated rings. The molecule has 11 heteroatoms. The monoisotopic (exact) mass is 528 g/mol. The lowest BCUT2D eigenvalue weighted by Crippen LogP contribution is -2.40. The number of carbonyl (C=O) groups is 2. The SMILES string of the molecule is NC(=O)N1C(=O)N(Cc2nc[nH]c(=O)c2O)CC1c1ccc(C#Cc2ccc(CN3CCOCC3)cc2)cc1. The molecular weight excluding hydrogens is 500 g/mol. The summed E-state index contributed by atoms with van der Waals surface area (Å²) >= 11 is 0. The fourth-order valence-electron chi connectivity index (χ4n) is 4.66. The van der Waals surface area contributed by atoms with Crippen LogP contribution >= 0.6 is 0 Å². The minimum atomic E-state index is -0.892. The summed E-state index contributed by atoms with van der Waals surface area (Å²) < 4.78 is 5.40. The number of amides is 4. The Balaban J connectivity index is 1.26. The van der Waals surface area contributed by atoms with Crippen LogP contribution in [0, 0.1) is 11.8 Å². The summed E-state index contributed by atoms with van der Waals surface area (Å²) in [4.78, 5) is 47.6. The Morgan fingerprint density at radius 1 is 1.03 bits per heavy atom. The topological polar surface area (TPSA) is 145 Å². The van der Waals surface area contributed by atoms with Gasteiger partial charge in [0.2, 0.25) is 5.75 Å². The number of rotatable bonds is 5. The van der Waals surface area contributed by atoms with Crippen LogP contribution in [0.1, 0.15) is 34.0 Å². The van der Waals surface area contributed by atoms with Crippen molar-refractivity contribution in [2.24, 2.45) is 5.73 Å². The van der Waals surface area contributed by atoms with Gasteiger partial charge in [-0.3, -0.25) is 9.69 Å². The average Bonchev–Trinajstić information content (AvgIpc) is 3.27. The number of aromatic hydroxyl groups is 1. The molecule has 0 radical (unpaired) electrons. The molecule has 5 rings (SSSR count). The predicted octanol–water partition coefficient (Wildman–Crippen LogP) is 1.77. The van der Waals surface area contributed by atoms with Gasteiger partial charge < -0.3 is 25.5 Å². The highest BCUT2D eigenvalue weighted by Gasteiger charge is 2.41. The lowest BCUT2D eigenvalue weighted by Gasteiger charge is -2.26. The van der Waals surface area contributed by atoms with Crippen LogP contribution < -0.4 is 11.3 Å². The third-order valence-corrected chi connectivity index (χ3v) is 6.77. The number of hydrogen-bond donors (Lipinski definition) is 3. The molecule has 3 heterocycles. The minimum absolute atomic E-state index is 0.0249. The van der Waals surface area contributed by atoms with E-state index in [0.717, 1.165) is 55.2 Å². The van der Waals surface area contributed by atoms with Crippen LogP contribution in [0.5, 0.6) is 5.75 Å². The van der Waals surface area contributed by atoms with Gasteiger partial charge in [0.25, 0.3) is 5.56 Å². The van der Waals surface area contributed by atoms with Crippen LogP contribution in [0.15, 0.2) is 59.7 Å². The Kier molecular flexibility index (Phi) is 7.58. The minimum Gasteiger partial charge on any atom is -0.502 e. The Hall–Kier alpha value is -4.66. The second-order valence-electron chi connectivity index (χ2n) is 9.37. The number of morpholine rings is 1. The van der Waals surface area contributed by atoms with Gasteiger partial charge in [-0.05, 0) is 35.4 Å². The Morgan fingerprint density at radius 2 is 1.67 bits per heavy atom. The molecule has 0 aliphatic carbocycles. The van der Waals surface area contributed by atoms with E-state index in [4.69, 9.17) is 10.5 Å². The van der Waals surface area contributed by atoms with E-state index in [2.05, 4.69) is 38.8 Å². The van der Waals surface area contributed by atoms with Gasteiger partial charge in [-0.25, -0.2) is 19.5 Å². The molecule has 0 saturated carbocycles. The van der Waals surface area contributed by atoms with Crippen LogP contribution in [0.25, 0.3) is 0 Å². The van der Waals surface area contributed by atoms with Gasteiger partial charge in [0.15, 0.2) is 0 Å². The number of nitrogens with two attached hydrogens (primary N) is 1. The van der Waals surface area contributed by atoms with Crippen LogP contribution in [-0.4, -0.2) is 74.7 Å². The highest BCUT2D eigenvalue weighted by Crippen LogP contribution is 2.31. The standard InChI is InChI=1S/C28H28N6O5/c29-27(37)34-24(17-33(28(34)38)16-23-25(35)26(36)31-18-30-23)22-9-7-20(8-10-22)2-1-19-3-5-21(6-4-19)15-32-11-13-39-14-12-32/h3-10,18,24,35H,11-17H2,(H2,29,37)(H,30,31,36). The Labute approximate surface area is 224 Å². The van der Waals surface area contributed by atoms with Crippen molar-refractivity contribution >= 4 is 12.1 Å². The number of aromatic amines is 1. The smallest absolute Gasteiger partial charge is 0.329 e. The maximum Gasteiger partial charge on any atom is 0.329 e. The molecule has 3 aromatic rings. The van der Waals surface area contributed by atoms with Crippen molar-refractivity contribution in [3.8, 4) is 17.6 Å². The van der Waals surface area contributed by atoms with Gasteiger partial charge in [0.1, 0.15) is 5.69 Å².